The van der Waals surface area contributed by atoms with Gasteiger partial charge in [0.05, 0.1) is 19.7 Å². The summed E-state index contributed by atoms with van der Waals surface area (Å²) in [5, 5.41) is 12.4. The summed E-state index contributed by atoms with van der Waals surface area (Å²) in [6.45, 7) is 5.83. The number of nitrogens with one attached hydrogen (secondary N) is 2. The maximum absolute atomic E-state index is 13.5. The Labute approximate surface area is 152 Å². The second-order valence-electron chi connectivity index (χ2n) is 7.35. The molecule has 3 heterocycles. The van der Waals surface area contributed by atoms with Gasteiger partial charge in [-0.1, -0.05) is 0 Å². The predicted molar refractivity (Wildman–Crippen MR) is 92.4 cm³/mol. The smallest absolute Gasteiger partial charge is 0.214 e. The first-order chi connectivity index (χ1) is 12.8. The Morgan fingerprint density at radius 2 is 2.12 bits per heavy atom. The molecule has 4 rings (SSSR count). The predicted octanol–water partition coefficient (Wildman–Crippen LogP) is -1.51. The Morgan fingerprint density at radius 1 is 1.27 bits per heavy atom. The topological polar surface area (TPSA) is 61.7 Å². The van der Waals surface area contributed by atoms with E-state index in [1.807, 2.05) is 16.8 Å². The lowest BCUT2D eigenvalue weighted by atomic mass is 10.0. The molecule has 26 heavy (non-hydrogen) atoms. The normalized spacial score (nSPS) is 26.6. The zero-order valence-corrected chi connectivity index (χ0v) is 15.2. The van der Waals surface area contributed by atoms with Crippen LogP contribution in [-0.4, -0.2) is 66.1 Å². The Morgan fingerprint density at radius 3 is 2.92 bits per heavy atom. The minimum Gasteiger partial charge on any atom is -0.383 e. The van der Waals surface area contributed by atoms with E-state index in [2.05, 4.69) is 15.5 Å². The summed E-state index contributed by atoms with van der Waals surface area (Å²) in [6, 6.07) is 7.53. The maximum Gasteiger partial charge on any atom is 0.214 e. The molecule has 2 N–H and O–H groups in total. The van der Waals surface area contributed by atoms with Crippen molar-refractivity contribution in [2.75, 3.05) is 39.9 Å². The molecule has 0 radical (unpaired) electrons. The highest BCUT2D eigenvalue weighted by Crippen LogP contribution is 2.18. The second-order valence-corrected chi connectivity index (χ2v) is 7.35. The van der Waals surface area contributed by atoms with Crippen molar-refractivity contribution in [3.8, 4) is 0 Å². The van der Waals surface area contributed by atoms with Crippen LogP contribution in [0.4, 0.5) is 4.39 Å². The molecular formula is C18H27FN6O+2. The number of benzene rings is 1. The number of piperazine rings is 1. The van der Waals surface area contributed by atoms with Gasteiger partial charge >= 0.3 is 0 Å². The lowest BCUT2D eigenvalue weighted by molar-refractivity contribution is -1.03. The van der Waals surface area contributed by atoms with E-state index in [9.17, 15) is 4.39 Å². The van der Waals surface area contributed by atoms with E-state index in [1.165, 1.54) is 43.0 Å². The highest BCUT2D eigenvalue weighted by molar-refractivity contribution is 5.23. The van der Waals surface area contributed by atoms with Gasteiger partial charge in [-0.2, -0.15) is 0 Å². The van der Waals surface area contributed by atoms with Gasteiger partial charge in [0.15, 0.2) is 6.04 Å². The number of quaternary nitrogens is 2. The highest BCUT2D eigenvalue weighted by atomic mass is 19.1. The molecule has 7 nitrogen and oxygen atoms in total. The van der Waals surface area contributed by atoms with Crippen molar-refractivity contribution in [2.24, 2.45) is 0 Å². The van der Waals surface area contributed by atoms with Crippen LogP contribution in [0.5, 0.6) is 0 Å². The molecule has 140 valence electrons. The number of aromatic nitrogens is 4. The van der Waals surface area contributed by atoms with E-state index in [0.717, 1.165) is 24.5 Å². The fourth-order valence-corrected chi connectivity index (χ4v) is 4.54. The number of halogens is 1. The first kappa shape index (κ1) is 17.5. The molecule has 2 aromatic rings. The number of methoxy groups -OCH3 is 1. The van der Waals surface area contributed by atoms with Crippen molar-refractivity contribution in [3.63, 3.8) is 0 Å². The van der Waals surface area contributed by atoms with Crippen LogP contribution in [-0.2, 0) is 11.3 Å². The summed E-state index contributed by atoms with van der Waals surface area (Å²) < 4.78 is 20.5. The third kappa shape index (κ3) is 3.49. The molecule has 0 aliphatic carbocycles. The van der Waals surface area contributed by atoms with Gasteiger partial charge in [0, 0.05) is 25.5 Å². The van der Waals surface area contributed by atoms with E-state index in [0.29, 0.717) is 19.2 Å². The highest BCUT2D eigenvalue weighted by Gasteiger charge is 2.42. The SMILES string of the molecule is COCCn1nnnc1[C@H](c1ccc(F)cc1)[NH+]1CC[NH+]2CCC[C@@H]2C1. The first-order valence-corrected chi connectivity index (χ1v) is 9.46. The van der Waals surface area contributed by atoms with Gasteiger partial charge in [0.1, 0.15) is 31.5 Å². The number of tetrazole rings is 1. The van der Waals surface area contributed by atoms with Crippen LogP contribution in [0, 0.1) is 5.82 Å². The fraction of sp³-hybridized carbons (Fsp3) is 0.611. The number of hydrogen-bond donors (Lipinski definition) is 2. The average Bonchev–Trinajstić information content (AvgIpc) is 3.31. The van der Waals surface area contributed by atoms with Crippen LogP contribution in [0.3, 0.4) is 0 Å². The quantitative estimate of drug-likeness (QED) is 0.656. The van der Waals surface area contributed by atoms with Crippen LogP contribution < -0.4 is 9.80 Å². The first-order valence-electron chi connectivity index (χ1n) is 9.46. The largest absolute Gasteiger partial charge is 0.383 e. The third-order valence-electron chi connectivity index (χ3n) is 5.84. The lowest BCUT2D eigenvalue weighted by Gasteiger charge is -2.36. The zero-order chi connectivity index (χ0) is 17.9. The van der Waals surface area contributed by atoms with Crippen molar-refractivity contribution in [2.45, 2.75) is 31.5 Å². The van der Waals surface area contributed by atoms with E-state index in [-0.39, 0.29) is 11.9 Å². The zero-order valence-electron chi connectivity index (χ0n) is 15.2. The van der Waals surface area contributed by atoms with Gasteiger partial charge in [-0.25, -0.2) is 9.07 Å². The molecule has 2 aliphatic heterocycles. The molecule has 0 bridgehead atoms. The monoisotopic (exact) mass is 362 g/mol. The number of fused-ring (bicyclic) bond motifs is 1. The molecule has 4 atom stereocenters. The van der Waals surface area contributed by atoms with Crippen LogP contribution in [0.25, 0.3) is 0 Å². The molecule has 1 aromatic carbocycles. The maximum atomic E-state index is 13.5. The number of rotatable bonds is 6. The molecule has 2 saturated heterocycles. The van der Waals surface area contributed by atoms with Gasteiger partial charge in [0.25, 0.3) is 0 Å². The molecule has 0 amide bonds. The molecule has 2 aliphatic rings. The van der Waals surface area contributed by atoms with Gasteiger partial charge in [-0.05, 0) is 34.7 Å². The number of ether oxygens (including phenoxy) is 1. The average molecular weight is 362 g/mol. The van der Waals surface area contributed by atoms with Gasteiger partial charge in [-0.15, -0.1) is 5.10 Å². The summed E-state index contributed by atoms with van der Waals surface area (Å²) in [7, 11) is 1.68. The molecule has 2 fully saturated rings. The van der Waals surface area contributed by atoms with Gasteiger partial charge in [-0.3, -0.25) is 0 Å². The molecule has 8 heteroatoms. The Balaban J connectivity index is 1.66. The van der Waals surface area contributed by atoms with E-state index >= 15 is 0 Å². The molecule has 2 unspecified atom stereocenters. The van der Waals surface area contributed by atoms with E-state index < -0.39 is 0 Å². The Bertz CT molecular complexity index is 721. The summed E-state index contributed by atoms with van der Waals surface area (Å²) in [4.78, 5) is 3.21. The minimum atomic E-state index is -0.216. The van der Waals surface area contributed by atoms with Crippen LogP contribution in [0.2, 0.25) is 0 Å². The number of nitrogens with zero attached hydrogens (tertiary/aromatic N) is 4. The minimum absolute atomic E-state index is 0.0182. The summed E-state index contributed by atoms with van der Waals surface area (Å²) in [6.07, 6.45) is 2.61. The molecule has 0 saturated carbocycles. The standard InChI is InChI=1S/C18H25FN6O/c1-26-12-11-25-18(20-21-22-25)17(14-4-6-15(19)7-5-14)24-10-9-23-8-2-3-16(23)13-24/h4-7,16-17H,2-3,8-13H2,1H3/p+2/t16-,17+/m1/s1. The summed E-state index contributed by atoms with van der Waals surface area (Å²) in [5.74, 6) is 0.622. The lowest BCUT2D eigenvalue weighted by Crippen LogP contribution is -3.29. The summed E-state index contributed by atoms with van der Waals surface area (Å²) in [5.41, 5.74) is 1.07. The number of hydrogen-bond acceptors (Lipinski definition) is 4. The van der Waals surface area contributed by atoms with E-state index in [4.69, 9.17) is 4.74 Å². The van der Waals surface area contributed by atoms with Gasteiger partial charge in [0.2, 0.25) is 5.82 Å². The van der Waals surface area contributed by atoms with Crippen molar-refractivity contribution in [1.29, 1.82) is 0 Å². The van der Waals surface area contributed by atoms with Crippen LogP contribution in [0.1, 0.15) is 30.3 Å². The Hall–Kier alpha value is -1.90. The van der Waals surface area contributed by atoms with Crippen molar-refractivity contribution in [3.05, 3.63) is 41.5 Å². The Kier molecular flexibility index (Phi) is 5.23. The third-order valence-corrected chi connectivity index (χ3v) is 5.84. The van der Waals surface area contributed by atoms with Crippen molar-refractivity contribution >= 4 is 0 Å². The molecule has 0 spiro atoms. The van der Waals surface area contributed by atoms with E-state index in [1.54, 1.807) is 12.0 Å². The van der Waals surface area contributed by atoms with Crippen LogP contribution in [0.15, 0.2) is 24.3 Å². The van der Waals surface area contributed by atoms with Crippen molar-refractivity contribution in [1.82, 2.24) is 20.2 Å². The fourth-order valence-electron chi connectivity index (χ4n) is 4.54. The molecular weight excluding hydrogens is 335 g/mol. The second kappa shape index (κ2) is 7.77. The van der Waals surface area contributed by atoms with Crippen LogP contribution >= 0.6 is 0 Å². The molecule has 1 aromatic heterocycles. The van der Waals surface area contributed by atoms with Gasteiger partial charge < -0.3 is 14.5 Å². The summed E-state index contributed by atoms with van der Waals surface area (Å²) >= 11 is 0. The van der Waals surface area contributed by atoms with Crippen molar-refractivity contribution < 1.29 is 18.9 Å².